The van der Waals surface area contributed by atoms with Crippen molar-refractivity contribution < 1.29 is 34.1 Å². The van der Waals surface area contributed by atoms with E-state index < -0.39 is 18.5 Å². The maximum atomic E-state index is 9.86. The standard InChI is InChI=1S/C3H2O7.4Na.4H/c4-1(5)9-3(8)10-2(6)7;;;;;;;;/h(H,4,5)(H,6,7);;;;;;;;. The zero-order chi connectivity index (χ0) is 8.15. The number of carbonyl (C=O) groups excluding carboxylic acids is 1. The molecule has 0 aromatic heterocycles. The molecule has 0 aromatic rings. The van der Waals surface area contributed by atoms with Gasteiger partial charge in [-0.2, -0.15) is 0 Å². The minimum atomic E-state index is -1.92. The van der Waals surface area contributed by atoms with Crippen molar-refractivity contribution in [1.82, 2.24) is 0 Å². The number of hydrogen-bond acceptors (Lipinski definition) is 5. The molecule has 0 spiro atoms. The molecule has 0 aliphatic rings. The Hall–Kier alpha value is 2.21. The van der Waals surface area contributed by atoms with Crippen LogP contribution in [-0.2, 0) is 9.47 Å². The summed E-state index contributed by atoms with van der Waals surface area (Å²) < 4.78 is 6.47. The average Bonchev–Trinajstić information content (AvgIpc) is 1.58. The van der Waals surface area contributed by atoms with Gasteiger partial charge in [0, 0.05) is 0 Å². The summed E-state index contributed by atoms with van der Waals surface area (Å²) >= 11 is 0. The second kappa shape index (κ2) is 17.6. The molecule has 0 rings (SSSR count). The molecule has 11 heteroatoms. The van der Waals surface area contributed by atoms with Crippen LogP contribution in [0.4, 0.5) is 14.4 Å². The third kappa shape index (κ3) is 23.8. The molecule has 0 atom stereocenters. The molecule has 0 unspecified atom stereocenters. The molecule has 0 aliphatic carbocycles. The van der Waals surface area contributed by atoms with Crippen molar-refractivity contribution in [2.24, 2.45) is 0 Å². The summed E-state index contributed by atoms with van der Waals surface area (Å²) in [6, 6.07) is 0. The van der Waals surface area contributed by atoms with Gasteiger partial charge in [0.05, 0.1) is 0 Å². The van der Waals surface area contributed by atoms with Crippen LogP contribution in [0.1, 0.15) is 0 Å². The first-order valence-corrected chi connectivity index (χ1v) is 1.88. The fraction of sp³-hybridized carbons (Fsp3) is 0. The third-order valence-electron chi connectivity index (χ3n) is 0.341. The molecule has 0 amide bonds. The van der Waals surface area contributed by atoms with E-state index in [2.05, 4.69) is 9.47 Å². The SMILES string of the molecule is O=C(O)OC(=O)OC(=O)O.[NaH].[NaH].[NaH].[NaH]. The van der Waals surface area contributed by atoms with Crippen LogP contribution in [0.3, 0.4) is 0 Å². The molecule has 0 aliphatic heterocycles. The van der Waals surface area contributed by atoms with E-state index in [1.165, 1.54) is 0 Å². The molecule has 0 aromatic carbocycles. The minimum absolute atomic E-state index is 0. The maximum absolute atomic E-state index is 9.86. The van der Waals surface area contributed by atoms with Crippen molar-refractivity contribution in [1.29, 1.82) is 0 Å². The zero-order valence-corrected chi connectivity index (χ0v) is 4.44. The van der Waals surface area contributed by atoms with Crippen LogP contribution in [-0.4, -0.2) is 147 Å². The average molecular weight is 246 g/mol. The van der Waals surface area contributed by atoms with Crippen LogP contribution >= 0.6 is 0 Å². The first-order valence-electron chi connectivity index (χ1n) is 1.88. The Morgan fingerprint density at radius 1 is 0.714 bits per heavy atom. The summed E-state index contributed by atoms with van der Waals surface area (Å²) in [5.74, 6) is 0. The van der Waals surface area contributed by atoms with E-state index in [-0.39, 0.29) is 118 Å². The van der Waals surface area contributed by atoms with E-state index in [1.807, 2.05) is 0 Å². The number of rotatable bonds is 0. The molecule has 14 heavy (non-hydrogen) atoms. The zero-order valence-electron chi connectivity index (χ0n) is 4.44. The van der Waals surface area contributed by atoms with Crippen LogP contribution in [0.25, 0.3) is 0 Å². The van der Waals surface area contributed by atoms with E-state index in [1.54, 1.807) is 0 Å². The van der Waals surface area contributed by atoms with Crippen LogP contribution in [0, 0.1) is 0 Å². The van der Waals surface area contributed by atoms with Gasteiger partial charge in [0.1, 0.15) is 0 Å². The number of hydrogen-bond donors (Lipinski definition) is 2. The van der Waals surface area contributed by atoms with Crippen LogP contribution in [0.15, 0.2) is 0 Å². The quantitative estimate of drug-likeness (QED) is 0.286. The van der Waals surface area contributed by atoms with Gasteiger partial charge < -0.3 is 19.7 Å². The first kappa shape index (κ1) is 29.8. The third-order valence-corrected chi connectivity index (χ3v) is 0.341. The Bertz CT molecular complexity index is 164. The molecule has 0 fully saturated rings. The Balaban J connectivity index is -0.0000000675. The molecule has 0 heterocycles. The van der Waals surface area contributed by atoms with Gasteiger partial charge in [0.2, 0.25) is 0 Å². The molecule has 7 nitrogen and oxygen atoms in total. The summed E-state index contributed by atoms with van der Waals surface area (Å²) in [4.78, 5) is 28.8. The van der Waals surface area contributed by atoms with E-state index in [0.29, 0.717) is 0 Å². The Morgan fingerprint density at radius 2 is 0.929 bits per heavy atom. The number of ether oxygens (including phenoxy) is 2. The van der Waals surface area contributed by atoms with Gasteiger partial charge in [-0.25, -0.2) is 14.4 Å². The van der Waals surface area contributed by atoms with Gasteiger partial charge >= 0.3 is 137 Å². The molecule has 0 bridgehead atoms. The summed E-state index contributed by atoms with van der Waals surface area (Å²) in [5.41, 5.74) is 0. The van der Waals surface area contributed by atoms with Gasteiger partial charge in [-0.15, -0.1) is 0 Å². The van der Waals surface area contributed by atoms with E-state index in [9.17, 15) is 14.4 Å². The summed E-state index contributed by atoms with van der Waals surface area (Å²) in [7, 11) is 0. The molecule has 0 saturated carbocycles. The van der Waals surface area contributed by atoms with Gasteiger partial charge in [0.15, 0.2) is 0 Å². The molecule has 64 valence electrons. The van der Waals surface area contributed by atoms with Crippen molar-refractivity contribution in [2.45, 2.75) is 0 Å². The van der Waals surface area contributed by atoms with E-state index >= 15 is 0 Å². The van der Waals surface area contributed by atoms with Gasteiger partial charge in [-0.1, -0.05) is 0 Å². The van der Waals surface area contributed by atoms with Gasteiger partial charge in [0.25, 0.3) is 0 Å². The Morgan fingerprint density at radius 3 is 1.07 bits per heavy atom. The first-order chi connectivity index (χ1) is 4.52. The van der Waals surface area contributed by atoms with Crippen molar-refractivity contribution in [3.8, 4) is 0 Å². The molecule has 0 radical (unpaired) electrons. The van der Waals surface area contributed by atoms with Crippen molar-refractivity contribution in [3.63, 3.8) is 0 Å². The summed E-state index contributed by atoms with van der Waals surface area (Å²) in [6.07, 6.45) is -5.64. The van der Waals surface area contributed by atoms with Crippen LogP contribution < -0.4 is 0 Å². The number of carboxylic acid groups (broad SMARTS) is 2. The molecular weight excluding hydrogens is 240 g/mol. The predicted molar refractivity (Wildman–Crippen MR) is 52.2 cm³/mol. The van der Waals surface area contributed by atoms with Gasteiger partial charge in [-0.05, 0) is 0 Å². The summed E-state index contributed by atoms with van der Waals surface area (Å²) in [5, 5.41) is 15.4. The Labute approximate surface area is 167 Å². The summed E-state index contributed by atoms with van der Waals surface area (Å²) in [6.45, 7) is 0. The Kier molecular flexibility index (Phi) is 37.5. The van der Waals surface area contributed by atoms with Crippen LogP contribution in [0.5, 0.6) is 0 Å². The van der Waals surface area contributed by atoms with E-state index in [0.717, 1.165) is 0 Å². The fourth-order valence-corrected chi connectivity index (χ4v) is 0.163. The topological polar surface area (TPSA) is 110 Å². The van der Waals surface area contributed by atoms with Crippen molar-refractivity contribution in [2.75, 3.05) is 0 Å². The van der Waals surface area contributed by atoms with Crippen LogP contribution in [0.2, 0.25) is 0 Å². The van der Waals surface area contributed by atoms with E-state index in [4.69, 9.17) is 10.2 Å². The predicted octanol–water partition coefficient (Wildman–Crippen LogP) is -2.10. The normalized spacial score (nSPS) is 5.71. The fourth-order valence-electron chi connectivity index (χ4n) is 0.163. The van der Waals surface area contributed by atoms with Crippen molar-refractivity contribution in [3.05, 3.63) is 0 Å². The van der Waals surface area contributed by atoms with Crippen molar-refractivity contribution >= 4 is 137 Å². The molecule has 0 saturated heterocycles. The van der Waals surface area contributed by atoms with Gasteiger partial charge in [-0.3, -0.25) is 0 Å². The second-order valence-electron chi connectivity index (χ2n) is 0.986. The molecular formula is C3H6Na4O7. The number of carbonyl (C=O) groups is 3. The molecule has 2 N–H and O–H groups in total. The second-order valence-corrected chi connectivity index (χ2v) is 0.986. The monoisotopic (exact) mass is 246 g/mol.